The zero-order valence-electron chi connectivity index (χ0n) is 11.7. The molecule has 1 aromatic rings. The molecule has 3 rings (SSSR count). The lowest BCUT2D eigenvalue weighted by molar-refractivity contribution is 0.0300. The first kappa shape index (κ1) is 13.1. The van der Waals surface area contributed by atoms with E-state index in [1.807, 2.05) is 12.1 Å². The highest BCUT2D eigenvalue weighted by Gasteiger charge is 2.31. The van der Waals surface area contributed by atoms with Gasteiger partial charge in [-0.2, -0.15) is 0 Å². The van der Waals surface area contributed by atoms with Crippen LogP contribution in [0.5, 0.6) is 0 Å². The molecule has 0 amide bonds. The van der Waals surface area contributed by atoms with Crippen LogP contribution in [0.15, 0.2) is 24.3 Å². The van der Waals surface area contributed by atoms with E-state index in [2.05, 4.69) is 16.7 Å². The minimum atomic E-state index is -0.0685. The Hall–Kier alpha value is -0.930. The molecular weight excluding hydrogens is 239 g/mol. The molecule has 0 saturated carbocycles. The Bertz CT molecular complexity index is 435. The van der Waals surface area contributed by atoms with Crippen LogP contribution in [0.1, 0.15) is 37.8 Å². The number of piperazine rings is 1. The summed E-state index contributed by atoms with van der Waals surface area (Å²) in [5, 5.41) is 0. The average Bonchev–Trinajstić information content (AvgIpc) is 2.46. The lowest BCUT2D eigenvalue weighted by Crippen LogP contribution is -2.55. The molecule has 104 valence electrons. The number of hydrogen-bond donors (Lipinski definition) is 0. The quantitative estimate of drug-likeness (QED) is 0.808. The molecule has 0 aromatic heterocycles. The first-order valence-electron chi connectivity index (χ1n) is 7.48. The van der Waals surface area contributed by atoms with Crippen LogP contribution in [0, 0.1) is 5.82 Å². The summed E-state index contributed by atoms with van der Waals surface area (Å²) in [5.74, 6) is -0.0685. The summed E-state index contributed by atoms with van der Waals surface area (Å²) in [5.41, 5.74) is 0.840. The van der Waals surface area contributed by atoms with Gasteiger partial charge in [-0.15, -0.1) is 0 Å². The maximum atomic E-state index is 13.9. The second-order valence-corrected chi connectivity index (χ2v) is 5.88. The second kappa shape index (κ2) is 5.59. The van der Waals surface area contributed by atoms with Crippen LogP contribution in [-0.2, 0) is 0 Å². The van der Waals surface area contributed by atoms with E-state index >= 15 is 0 Å². The van der Waals surface area contributed by atoms with Crippen LogP contribution in [0.25, 0.3) is 0 Å². The van der Waals surface area contributed by atoms with Gasteiger partial charge in [0, 0.05) is 37.3 Å². The van der Waals surface area contributed by atoms with E-state index in [1.54, 1.807) is 12.1 Å². The minimum Gasteiger partial charge on any atom is -0.298 e. The third-order valence-electron chi connectivity index (χ3n) is 4.77. The van der Waals surface area contributed by atoms with Gasteiger partial charge in [0.1, 0.15) is 5.82 Å². The predicted octanol–water partition coefficient (Wildman–Crippen LogP) is 3.06. The smallest absolute Gasteiger partial charge is 0.127 e. The number of halogens is 1. The molecule has 0 radical (unpaired) electrons. The monoisotopic (exact) mass is 262 g/mol. The van der Waals surface area contributed by atoms with Crippen molar-refractivity contribution >= 4 is 0 Å². The Labute approximate surface area is 115 Å². The van der Waals surface area contributed by atoms with Gasteiger partial charge >= 0.3 is 0 Å². The van der Waals surface area contributed by atoms with Crippen LogP contribution in [-0.4, -0.2) is 42.0 Å². The lowest BCUT2D eigenvalue weighted by Gasteiger charge is -2.46. The van der Waals surface area contributed by atoms with Crippen molar-refractivity contribution in [3.63, 3.8) is 0 Å². The van der Waals surface area contributed by atoms with Crippen LogP contribution in [0.2, 0.25) is 0 Å². The summed E-state index contributed by atoms with van der Waals surface area (Å²) in [6.07, 6.45) is 4.00. The minimum absolute atomic E-state index is 0.0685. The van der Waals surface area contributed by atoms with Crippen LogP contribution in [0.3, 0.4) is 0 Å². The molecule has 2 fully saturated rings. The number of benzene rings is 1. The molecule has 0 aliphatic carbocycles. The number of hydrogen-bond acceptors (Lipinski definition) is 2. The topological polar surface area (TPSA) is 6.48 Å². The van der Waals surface area contributed by atoms with Gasteiger partial charge in [0.05, 0.1) is 0 Å². The zero-order valence-corrected chi connectivity index (χ0v) is 11.7. The summed E-state index contributed by atoms with van der Waals surface area (Å²) in [4.78, 5) is 5.07. The normalized spacial score (nSPS) is 26.9. The summed E-state index contributed by atoms with van der Waals surface area (Å²) in [6, 6.07) is 8.08. The van der Waals surface area contributed by atoms with Crippen LogP contribution < -0.4 is 0 Å². The zero-order chi connectivity index (χ0) is 13.2. The van der Waals surface area contributed by atoms with Gasteiger partial charge in [-0.1, -0.05) is 24.6 Å². The van der Waals surface area contributed by atoms with Gasteiger partial charge in [-0.25, -0.2) is 4.39 Å². The molecule has 0 N–H and O–H groups in total. The standard InChI is InChI=1S/C16H23FN2/c1-13(15-7-2-3-8-16(15)17)19-11-10-18-9-5-4-6-14(18)12-19/h2-3,7-8,13-14H,4-6,9-12H2,1H3. The fourth-order valence-electron chi connectivity index (χ4n) is 3.54. The highest BCUT2D eigenvalue weighted by Crippen LogP contribution is 2.28. The molecule has 2 heterocycles. The Morgan fingerprint density at radius 2 is 2.00 bits per heavy atom. The summed E-state index contributed by atoms with van der Waals surface area (Å²) < 4.78 is 13.9. The number of fused-ring (bicyclic) bond motifs is 1. The molecule has 2 saturated heterocycles. The van der Waals surface area contributed by atoms with E-state index in [1.165, 1.54) is 25.8 Å². The third kappa shape index (κ3) is 2.67. The van der Waals surface area contributed by atoms with E-state index in [0.29, 0.717) is 6.04 Å². The average molecular weight is 262 g/mol. The highest BCUT2D eigenvalue weighted by atomic mass is 19.1. The first-order valence-corrected chi connectivity index (χ1v) is 7.48. The maximum Gasteiger partial charge on any atom is 0.127 e. The molecule has 0 bridgehead atoms. The number of piperidine rings is 1. The Morgan fingerprint density at radius 1 is 1.16 bits per heavy atom. The molecule has 1 aromatic carbocycles. The van der Waals surface area contributed by atoms with Crippen molar-refractivity contribution in [1.29, 1.82) is 0 Å². The molecule has 19 heavy (non-hydrogen) atoms. The molecule has 2 aliphatic rings. The molecule has 3 heteroatoms. The molecular formula is C16H23FN2. The van der Waals surface area contributed by atoms with Crippen molar-refractivity contribution in [2.45, 2.75) is 38.3 Å². The van der Waals surface area contributed by atoms with Crippen LogP contribution >= 0.6 is 0 Å². The summed E-state index contributed by atoms with van der Waals surface area (Å²) in [6.45, 7) is 6.69. The van der Waals surface area contributed by atoms with Gasteiger partial charge in [0.25, 0.3) is 0 Å². The lowest BCUT2D eigenvalue weighted by atomic mass is 9.97. The van der Waals surface area contributed by atoms with Gasteiger partial charge in [0.2, 0.25) is 0 Å². The third-order valence-corrected chi connectivity index (χ3v) is 4.77. The highest BCUT2D eigenvalue weighted by molar-refractivity contribution is 5.21. The Morgan fingerprint density at radius 3 is 2.84 bits per heavy atom. The predicted molar refractivity (Wildman–Crippen MR) is 75.6 cm³/mol. The van der Waals surface area contributed by atoms with Crippen molar-refractivity contribution in [3.8, 4) is 0 Å². The molecule has 2 atom stereocenters. The fraction of sp³-hybridized carbons (Fsp3) is 0.625. The van der Waals surface area contributed by atoms with E-state index < -0.39 is 0 Å². The Balaban J connectivity index is 1.71. The molecule has 2 unspecified atom stereocenters. The van der Waals surface area contributed by atoms with Crippen molar-refractivity contribution < 1.29 is 4.39 Å². The van der Waals surface area contributed by atoms with Gasteiger partial charge in [-0.05, 0) is 32.4 Å². The van der Waals surface area contributed by atoms with Crippen LogP contribution in [0.4, 0.5) is 4.39 Å². The van der Waals surface area contributed by atoms with E-state index in [-0.39, 0.29) is 11.9 Å². The summed E-state index contributed by atoms with van der Waals surface area (Å²) >= 11 is 0. The van der Waals surface area contributed by atoms with Crippen molar-refractivity contribution in [3.05, 3.63) is 35.6 Å². The molecule has 2 nitrogen and oxygen atoms in total. The first-order chi connectivity index (χ1) is 9.25. The van der Waals surface area contributed by atoms with Crippen molar-refractivity contribution in [2.75, 3.05) is 26.2 Å². The largest absolute Gasteiger partial charge is 0.298 e. The van der Waals surface area contributed by atoms with Gasteiger partial charge in [-0.3, -0.25) is 9.80 Å². The van der Waals surface area contributed by atoms with Gasteiger partial charge in [0.15, 0.2) is 0 Å². The van der Waals surface area contributed by atoms with Crippen molar-refractivity contribution in [2.24, 2.45) is 0 Å². The summed E-state index contributed by atoms with van der Waals surface area (Å²) in [7, 11) is 0. The van der Waals surface area contributed by atoms with E-state index in [9.17, 15) is 4.39 Å². The van der Waals surface area contributed by atoms with E-state index in [4.69, 9.17) is 0 Å². The van der Waals surface area contributed by atoms with Crippen molar-refractivity contribution in [1.82, 2.24) is 9.80 Å². The SMILES string of the molecule is CC(c1ccccc1F)N1CCN2CCCCC2C1. The Kier molecular flexibility index (Phi) is 3.85. The second-order valence-electron chi connectivity index (χ2n) is 5.88. The van der Waals surface area contributed by atoms with E-state index in [0.717, 1.165) is 25.2 Å². The molecule has 2 aliphatic heterocycles. The number of nitrogens with zero attached hydrogens (tertiary/aromatic N) is 2. The fourth-order valence-corrected chi connectivity index (χ4v) is 3.54. The number of rotatable bonds is 2. The molecule has 0 spiro atoms. The van der Waals surface area contributed by atoms with Gasteiger partial charge < -0.3 is 0 Å². The maximum absolute atomic E-state index is 13.9.